The first-order chi connectivity index (χ1) is 8.58. The van der Waals surface area contributed by atoms with E-state index in [-0.39, 0.29) is 6.04 Å². The lowest BCUT2D eigenvalue weighted by atomic mass is 10.0. The van der Waals surface area contributed by atoms with Gasteiger partial charge in [-0.2, -0.15) is 0 Å². The van der Waals surface area contributed by atoms with Gasteiger partial charge >= 0.3 is 0 Å². The van der Waals surface area contributed by atoms with Crippen LogP contribution in [0.2, 0.25) is 0 Å². The topological polar surface area (TPSA) is 51.4 Å². The van der Waals surface area contributed by atoms with Gasteiger partial charge in [0.2, 0.25) is 0 Å². The first-order valence-corrected chi connectivity index (χ1v) is 6.58. The smallest absolute Gasteiger partial charge is 0.122 e. The fourth-order valence-electron chi connectivity index (χ4n) is 2.57. The van der Waals surface area contributed by atoms with Crippen LogP contribution in [0.3, 0.4) is 0 Å². The van der Waals surface area contributed by atoms with Crippen LogP contribution >= 0.6 is 0 Å². The van der Waals surface area contributed by atoms with Crippen LogP contribution < -0.4 is 10.5 Å². The third kappa shape index (κ3) is 3.21. The molecule has 1 aliphatic rings. The number of hydrogen-bond acceptors (Lipinski definition) is 4. The number of methoxy groups -OCH3 is 1. The first-order valence-electron chi connectivity index (χ1n) is 6.58. The maximum absolute atomic E-state index is 5.96. The molecular weight excluding hydrogens is 226 g/mol. The molecule has 1 aliphatic heterocycles. The summed E-state index contributed by atoms with van der Waals surface area (Å²) in [6.07, 6.45) is 1.20. The van der Waals surface area contributed by atoms with E-state index in [2.05, 4.69) is 16.8 Å². The van der Waals surface area contributed by atoms with Gasteiger partial charge in [-0.1, -0.05) is 0 Å². The van der Waals surface area contributed by atoms with E-state index in [0.717, 1.165) is 36.8 Å². The van der Waals surface area contributed by atoms with Crippen molar-refractivity contribution < 1.29 is 4.74 Å². The van der Waals surface area contributed by atoms with E-state index in [1.807, 2.05) is 19.1 Å². The molecule has 0 spiro atoms. The van der Waals surface area contributed by atoms with Gasteiger partial charge in [0.05, 0.1) is 12.8 Å². The zero-order valence-electron chi connectivity index (χ0n) is 11.5. The van der Waals surface area contributed by atoms with Crippen LogP contribution in [-0.2, 0) is 6.54 Å². The SMILES string of the molecule is COc1cc(C)nc(CN2CCC(C(C)N)C2)c1. The van der Waals surface area contributed by atoms with E-state index in [0.29, 0.717) is 5.92 Å². The van der Waals surface area contributed by atoms with E-state index in [1.165, 1.54) is 6.42 Å². The van der Waals surface area contributed by atoms with E-state index >= 15 is 0 Å². The van der Waals surface area contributed by atoms with Crippen LogP contribution in [-0.4, -0.2) is 36.1 Å². The second kappa shape index (κ2) is 5.67. The summed E-state index contributed by atoms with van der Waals surface area (Å²) < 4.78 is 5.28. The number of aromatic nitrogens is 1. The number of hydrogen-bond donors (Lipinski definition) is 1. The lowest BCUT2D eigenvalue weighted by Gasteiger charge is -2.18. The van der Waals surface area contributed by atoms with Crippen LogP contribution in [0.1, 0.15) is 24.7 Å². The van der Waals surface area contributed by atoms with Crippen LogP contribution in [0, 0.1) is 12.8 Å². The second-order valence-corrected chi connectivity index (χ2v) is 5.28. The molecule has 0 saturated carbocycles. The maximum atomic E-state index is 5.96. The first kappa shape index (κ1) is 13.3. The summed E-state index contributed by atoms with van der Waals surface area (Å²) in [5.74, 6) is 1.51. The Morgan fingerprint density at radius 1 is 1.56 bits per heavy atom. The Hall–Kier alpha value is -1.13. The number of rotatable bonds is 4. The molecule has 4 nitrogen and oxygen atoms in total. The average Bonchev–Trinajstić information content (AvgIpc) is 2.76. The quantitative estimate of drug-likeness (QED) is 0.880. The summed E-state index contributed by atoms with van der Waals surface area (Å²) in [6, 6.07) is 4.26. The van der Waals surface area contributed by atoms with Crippen molar-refractivity contribution in [2.75, 3.05) is 20.2 Å². The molecule has 2 heterocycles. The third-order valence-electron chi connectivity index (χ3n) is 3.65. The minimum atomic E-state index is 0.287. The van der Waals surface area contributed by atoms with Crippen molar-refractivity contribution in [3.05, 3.63) is 23.5 Å². The molecule has 0 radical (unpaired) electrons. The average molecular weight is 249 g/mol. The standard InChI is InChI=1S/C14H23N3O/c1-10-6-14(18-3)7-13(16-10)9-17-5-4-12(8-17)11(2)15/h6-7,11-12H,4-5,8-9,15H2,1-3H3. The zero-order chi connectivity index (χ0) is 13.1. The number of aryl methyl sites for hydroxylation is 1. The van der Waals surface area contributed by atoms with Gasteiger partial charge in [-0.3, -0.25) is 9.88 Å². The van der Waals surface area contributed by atoms with Crippen LogP contribution in [0.15, 0.2) is 12.1 Å². The second-order valence-electron chi connectivity index (χ2n) is 5.28. The van der Waals surface area contributed by atoms with Crippen molar-refractivity contribution >= 4 is 0 Å². The van der Waals surface area contributed by atoms with Crippen molar-refractivity contribution in [3.8, 4) is 5.75 Å². The van der Waals surface area contributed by atoms with Crippen molar-refractivity contribution in [1.82, 2.24) is 9.88 Å². The van der Waals surface area contributed by atoms with E-state index < -0.39 is 0 Å². The fraction of sp³-hybridized carbons (Fsp3) is 0.643. The van der Waals surface area contributed by atoms with Crippen LogP contribution in [0.4, 0.5) is 0 Å². The Balaban J connectivity index is 2.00. The molecule has 2 rings (SSSR count). The monoisotopic (exact) mass is 249 g/mol. The number of nitrogens with two attached hydrogens (primary N) is 1. The molecule has 0 amide bonds. The highest BCUT2D eigenvalue weighted by Gasteiger charge is 2.25. The molecule has 4 heteroatoms. The Labute approximate surface area is 109 Å². The summed E-state index contributed by atoms with van der Waals surface area (Å²) in [7, 11) is 1.69. The Bertz CT molecular complexity index is 406. The van der Waals surface area contributed by atoms with Crippen molar-refractivity contribution in [2.45, 2.75) is 32.9 Å². The molecule has 1 aromatic heterocycles. The summed E-state index contributed by atoms with van der Waals surface area (Å²) in [4.78, 5) is 6.99. The number of pyridine rings is 1. The van der Waals surface area contributed by atoms with Crippen molar-refractivity contribution in [3.63, 3.8) is 0 Å². The highest BCUT2D eigenvalue weighted by molar-refractivity contribution is 5.26. The normalized spacial score (nSPS) is 22.1. The van der Waals surface area contributed by atoms with E-state index in [9.17, 15) is 0 Å². The molecule has 18 heavy (non-hydrogen) atoms. The predicted octanol–water partition coefficient (Wildman–Crippen LogP) is 1.57. The lowest BCUT2D eigenvalue weighted by molar-refractivity contribution is 0.304. The van der Waals surface area contributed by atoms with Gasteiger partial charge < -0.3 is 10.5 Å². The molecule has 1 saturated heterocycles. The van der Waals surface area contributed by atoms with Crippen LogP contribution in [0.25, 0.3) is 0 Å². The number of nitrogens with zero attached hydrogens (tertiary/aromatic N) is 2. The van der Waals surface area contributed by atoms with Gasteiger partial charge in [0, 0.05) is 37.0 Å². The Morgan fingerprint density at radius 2 is 2.33 bits per heavy atom. The highest BCUT2D eigenvalue weighted by atomic mass is 16.5. The summed E-state index contributed by atoms with van der Waals surface area (Å²) >= 11 is 0. The molecular formula is C14H23N3O. The minimum absolute atomic E-state index is 0.287. The molecule has 0 bridgehead atoms. The number of likely N-dealkylation sites (tertiary alicyclic amines) is 1. The Kier molecular flexibility index (Phi) is 4.19. The molecule has 2 N–H and O–H groups in total. The van der Waals surface area contributed by atoms with Gasteiger partial charge in [0.25, 0.3) is 0 Å². The molecule has 1 aromatic rings. The van der Waals surface area contributed by atoms with E-state index in [4.69, 9.17) is 10.5 Å². The molecule has 100 valence electrons. The molecule has 0 aliphatic carbocycles. The summed E-state index contributed by atoms with van der Waals surface area (Å²) in [5.41, 5.74) is 8.05. The molecule has 0 aromatic carbocycles. The van der Waals surface area contributed by atoms with Crippen molar-refractivity contribution in [1.29, 1.82) is 0 Å². The van der Waals surface area contributed by atoms with Gasteiger partial charge in [-0.25, -0.2) is 0 Å². The van der Waals surface area contributed by atoms with E-state index in [1.54, 1.807) is 7.11 Å². The van der Waals surface area contributed by atoms with Crippen LogP contribution in [0.5, 0.6) is 5.75 Å². The van der Waals surface area contributed by atoms with Gasteiger partial charge in [-0.15, -0.1) is 0 Å². The molecule has 2 atom stereocenters. The lowest BCUT2D eigenvalue weighted by Crippen LogP contribution is -2.29. The number of ether oxygens (including phenoxy) is 1. The van der Waals surface area contributed by atoms with Gasteiger partial charge in [0.1, 0.15) is 5.75 Å². The Morgan fingerprint density at radius 3 is 2.94 bits per heavy atom. The minimum Gasteiger partial charge on any atom is -0.497 e. The largest absolute Gasteiger partial charge is 0.497 e. The van der Waals surface area contributed by atoms with Gasteiger partial charge in [-0.05, 0) is 32.7 Å². The third-order valence-corrected chi connectivity index (χ3v) is 3.65. The zero-order valence-corrected chi connectivity index (χ0v) is 11.5. The van der Waals surface area contributed by atoms with Gasteiger partial charge in [0.15, 0.2) is 0 Å². The summed E-state index contributed by atoms with van der Waals surface area (Å²) in [5, 5.41) is 0. The summed E-state index contributed by atoms with van der Waals surface area (Å²) in [6.45, 7) is 7.18. The fourth-order valence-corrected chi connectivity index (χ4v) is 2.57. The van der Waals surface area contributed by atoms with Crippen molar-refractivity contribution in [2.24, 2.45) is 11.7 Å². The predicted molar refractivity (Wildman–Crippen MR) is 72.6 cm³/mol. The molecule has 2 unspecified atom stereocenters. The highest BCUT2D eigenvalue weighted by Crippen LogP contribution is 2.21. The molecule has 1 fully saturated rings. The maximum Gasteiger partial charge on any atom is 0.122 e.